The lowest BCUT2D eigenvalue weighted by Crippen LogP contribution is -2.29. The number of hydrazine groups is 1. The first-order valence-electron chi connectivity index (χ1n) is 5.41. The van der Waals surface area contributed by atoms with Gasteiger partial charge in [-0.05, 0) is 36.4 Å². The van der Waals surface area contributed by atoms with E-state index in [2.05, 4.69) is 10.9 Å². The highest BCUT2D eigenvalue weighted by atomic mass is 16.2. The lowest BCUT2D eigenvalue weighted by Gasteiger charge is -2.08. The van der Waals surface area contributed by atoms with Crippen molar-refractivity contribution in [1.29, 1.82) is 5.26 Å². The van der Waals surface area contributed by atoms with Crippen molar-refractivity contribution in [3.05, 3.63) is 65.7 Å². The zero-order chi connectivity index (χ0) is 12.8. The van der Waals surface area contributed by atoms with E-state index < -0.39 is 0 Å². The molecule has 0 aliphatic heterocycles. The van der Waals surface area contributed by atoms with Gasteiger partial charge in [0.1, 0.15) is 0 Å². The first-order valence-corrected chi connectivity index (χ1v) is 5.41. The average molecular weight is 237 g/mol. The van der Waals surface area contributed by atoms with E-state index in [9.17, 15) is 4.79 Å². The van der Waals surface area contributed by atoms with Crippen molar-refractivity contribution in [1.82, 2.24) is 5.43 Å². The number of hydrogen-bond acceptors (Lipinski definition) is 3. The smallest absolute Gasteiger partial charge is 0.269 e. The fraction of sp³-hybridized carbons (Fsp3) is 0. The Bertz CT molecular complexity index is 570. The molecule has 0 aliphatic carbocycles. The van der Waals surface area contributed by atoms with Gasteiger partial charge in [-0.2, -0.15) is 5.26 Å². The van der Waals surface area contributed by atoms with Gasteiger partial charge in [-0.1, -0.05) is 18.2 Å². The summed E-state index contributed by atoms with van der Waals surface area (Å²) in [4.78, 5) is 11.8. The minimum Gasteiger partial charge on any atom is -0.298 e. The van der Waals surface area contributed by atoms with Gasteiger partial charge in [-0.3, -0.25) is 15.6 Å². The maximum absolute atomic E-state index is 11.8. The monoisotopic (exact) mass is 237 g/mol. The lowest BCUT2D eigenvalue weighted by atomic mass is 10.1. The molecular weight excluding hydrogens is 226 g/mol. The molecule has 0 radical (unpaired) electrons. The summed E-state index contributed by atoms with van der Waals surface area (Å²) in [6.07, 6.45) is 0. The van der Waals surface area contributed by atoms with Gasteiger partial charge in [0.25, 0.3) is 5.91 Å². The number of carbonyl (C=O) groups excluding carboxylic acids is 1. The van der Waals surface area contributed by atoms with Gasteiger partial charge in [-0.25, -0.2) is 0 Å². The summed E-state index contributed by atoms with van der Waals surface area (Å²) in [6, 6.07) is 17.8. The van der Waals surface area contributed by atoms with Crippen LogP contribution in [-0.4, -0.2) is 5.91 Å². The van der Waals surface area contributed by atoms with Crippen molar-refractivity contribution in [3.8, 4) is 6.07 Å². The fourth-order valence-corrected chi connectivity index (χ4v) is 1.42. The second-order valence-electron chi connectivity index (χ2n) is 3.63. The topological polar surface area (TPSA) is 64.9 Å². The van der Waals surface area contributed by atoms with Crippen molar-refractivity contribution >= 4 is 11.6 Å². The molecule has 0 saturated carbocycles. The zero-order valence-corrected chi connectivity index (χ0v) is 9.55. The largest absolute Gasteiger partial charge is 0.298 e. The molecule has 0 bridgehead atoms. The van der Waals surface area contributed by atoms with Crippen molar-refractivity contribution in [3.63, 3.8) is 0 Å². The molecule has 88 valence electrons. The molecule has 2 N–H and O–H groups in total. The van der Waals surface area contributed by atoms with E-state index in [1.54, 1.807) is 24.3 Å². The van der Waals surface area contributed by atoms with Crippen LogP contribution in [0.3, 0.4) is 0 Å². The molecule has 0 spiro atoms. The van der Waals surface area contributed by atoms with Gasteiger partial charge in [0.2, 0.25) is 0 Å². The van der Waals surface area contributed by atoms with Crippen LogP contribution in [0.5, 0.6) is 0 Å². The number of para-hydroxylation sites is 1. The van der Waals surface area contributed by atoms with Crippen molar-refractivity contribution in [2.75, 3.05) is 5.43 Å². The standard InChI is InChI=1S/C14H11N3O/c15-10-11-6-8-12(9-7-11)14(18)17-16-13-4-2-1-3-5-13/h1-9,16H,(H,17,18). The van der Waals surface area contributed by atoms with Gasteiger partial charge in [-0.15, -0.1) is 0 Å². The maximum Gasteiger partial charge on any atom is 0.269 e. The molecule has 2 aromatic rings. The number of amides is 1. The first kappa shape index (κ1) is 11.7. The van der Waals surface area contributed by atoms with Crippen LogP contribution in [-0.2, 0) is 0 Å². The number of nitriles is 1. The van der Waals surface area contributed by atoms with Gasteiger partial charge in [0.05, 0.1) is 17.3 Å². The Kier molecular flexibility index (Phi) is 3.57. The molecule has 4 nitrogen and oxygen atoms in total. The molecule has 0 fully saturated rings. The van der Waals surface area contributed by atoms with Crippen LogP contribution in [0.2, 0.25) is 0 Å². The molecule has 0 heterocycles. The molecular formula is C14H11N3O. The second kappa shape index (κ2) is 5.51. The summed E-state index contributed by atoms with van der Waals surface area (Å²) in [5.41, 5.74) is 7.22. The van der Waals surface area contributed by atoms with Crippen LogP contribution in [0.4, 0.5) is 5.69 Å². The van der Waals surface area contributed by atoms with Crippen molar-refractivity contribution < 1.29 is 4.79 Å². The van der Waals surface area contributed by atoms with E-state index in [-0.39, 0.29) is 5.91 Å². The minimum absolute atomic E-state index is 0.247. The van der Waals surface area contributed by atoms with E-state index in [4.69, 9.17) is 5.26 Å². The normalized spacial score (nSPS) is 9.28. The van der Waals surface area contributed by atoms with Gasteiger partial charge < -0.3 is 0 Å². The van der Waals surface area contributed by atoms with E-state index in [1.807, 2.05) is 36.4 Å². The van der Waals surface area contributed by atoms with Crippen LogP contribution in [0.25, 0.3) is 0 Å². The highest BCUT2D eigenvalue weighted by Crippen LogP contribution is 2.05. The lowest BCUT2D eigenvalue weighted by molar-refractivity contribution is 0.0962. The number of anilines is 1. The minimum atomic E-state index is -0.247. The van der Waals surface area contributed by atoms with E-state index in [1.165, 1.54) is 0 Å². The van der Waals surface area contributed by atoms with E-state index in [0.717, 1.165) is 5.69 Å². The van der Waals surface area contributed by atoms with E-state index >= 15 is 0 Å². The Balaban J connectivity index is 1.98. The third-order valence-electron chi connectivity index (χ3n) is 2.37. The van der Waals surface area contributed by atoms with Crippen molar-refractivity contribution in [2.24, 2.45) is 0 Å². The molecule has 0 atom stereocenters. The molecule has 0 aliphatic rings. The second-order valence-corrected chi connectivity index (χ2v) is 3.63. The molecule has 0 saturated heterocycles. The summed E-state index contributed by atoms with van der Waals surface area (Å²) in [5.74, 6) is -0.247. The Morgan fingerprint density at radius 3 is 2.28 bits per heavy atom. The zero-order valence-electron chi connectivity index (χ0n) is 9.55. The summed E-state index contributed by atoms with van der Waals surface area (Å²) >= 11 is 0. The first-order chi connectivity index (χ1) is 8.79. The Morgan fingerprint density at radius 2 is 1.67 bits per heavy atom. The van der Waals surface area contributed by atoms with Crippen molar-refractivity contribution in [2.45, 2.75) is 0 Å². The molecule has 0 aromatic heterocycles. The molecule has 4 heteroatoms. The third kappa shape index (κ3) is 2.86. The molecule has 2 aromatic carbocycles. The molecule has 1 amide bonds. The number of rotatable bonds is 3. The molecule has 2 rings (SSSR count). The van der Waals surface area contributed by atoms with Gasteiger partial charge in [0.15, 0.2) is 0 Å². The van der Waals surface area contributed by atoms with Crippen LogP contribution in [0.1, 0.15) is 15.9 Å². The summed E-state index contributed by atoms with van der Waals surface area (Å²) in [7, 11) is 0. The highest BCUT2D eigenvalue weighted by molar-refractivity contribution is 5.94. The summed E-state index contributed by atoms with van der Waals surface area (Å²) in [5, 5.41) is 8.66. The van der Waals surface area contributed by atoms with Crippen LogP contribution in [0, 0.1) is 11.3 Å². The fourth-order valence-electron chi connectivity index (χ4n) is 1.42. The highest BCUT2D eigenvalue weighted by Gasteiger charge is 2.04. The van der Waals surface area contributed by atoms with Crippen LogP contribution >= 0.6 is 0 Å². The van der Waals surface area contributed by atoms with Crippen LogP contribution < -0.4 is 10.9 Å². The van der Waals surface area contributed by atoms with Gasteiger partial charge in [0, 0.05) is 5.56 Å². The number of carbonyl (C=O) groups is 1. The molecule has 0 unspecified atom stereocenters. The Morgan fingerprint density at radius 1 is 1.00 bits per heavy atom. The summed E-state index contributed by atoms with van der Waals surface area (Å²) in [6.45, 7) is 0. The van der Waals surface area contributed by atoms with E-state index in [0.29, 0.717) is 11.1 Å². The summed E-state index contributed by atoms with van der Waals surface area (Å²) < 4.78 is 0. The SMILES string of the molecule is N#Cc1ccc(C(=O)NNc2ccccc2)cc1. The third-order valence-corrected chi connectivity index (χ3v) is 2.37. The predicted octanol–water partition coefficient (Wildman–Crippen LogP) is 2.32. The van der Waals surface area contributed by atoms with Gasteiger partial charge >= 0.3 is 0 Å². The number of hydrogen-bond donors (Lipinski definition) is 2. The Hall–Kier alpha value is -2.80. The predicted molar refractivity (Wildman–Crippen MR) is 68.7 cm³/mol. The average Bonchev–Trinajstić information content (AvgIpc) is 2.46. The molecule has 18 heavy (non-hydrogen) atoms. The number of benzene rings is 2. The Labute approximate surface area is 105 Å². The maximum atomic E-state index is 11.8. The number of nitrogens with one attached hydrogen (secondary N) is 2. The number of nitrogens with zero attached hydrogens (tertiary/aromatic N) is 1. The van der Waals surface area contributed by atoms with Crippen LogP contribution in [0.15, 0.2) is 54.6 Å². The quantitative estimate of drug-likeness (QED) is 0.805.